The lowest BCUT2D eigenvalue weighted by Gasteiger charge is -2.22. The maximum atomic E-state index is 2.41. The largest absolute Gasteiger partial charge is 0.0622 e. The van der Waals surface area contributed by atoms with E-state index >= 15 is 0 Å². The topological polar surface area (TPSA) is 0 Å². The maximum absolute atomic E-state index is 2.41. The molecule has 0 amide bonds. The first kappa shape index (κ1) is 29.2. The van der Waals surface area contributed by atoms with Gasteiger partial charge in [0.25, 0.3) is 0 Å². The SMILES string of the molecule is c1ccc(-c2cc(-c3c(-c4ccccc4)cccc3-c3ccccc3)ccc2-c2c(-c3ccccc3)cccc2-c2ccccc2)cc1. The van der Waals surface area contributed by atoms with Crippen molar-refractivity contribution in [3.63, 3.8) is 0 Å². The summed E-state index contributed by atoms with van der Waals surface area (Å²) in [4.78, 5) is 0. The minimum atomic E-state index is 1.19. The van der Waals surface area contributed by atoms with Gasteiger partial charge < -0.3 is 0 Å². The molecule has 0 aliphatic rings. The van der Waals surface area contributed by atoms with E-state index in [2.05, 4.69) is 206 Å². The molecule has 8 aromatic rings. The number of hydrogen-bond acceptors (Lipinski definition) is 0. The zero-order chi connectivity index (χ0) is 32.1. The van der Waals surface area contributed by atoms with Gasteiger partial charge in [0.1, 0.15) is 0 Å². The molecule has 0 fully saturated rings. The van der Waals surface area contributed by atoms with Gasteiger partial charge in [-0.2, -0.15) is 0 Å². The van der Waals surface area contributed by atoms with E-state index in [9.17, 15) is 0 Å². The fraction of sp³-hybridized carbons (Fsp3) is 0. The molecule has 0 nitrogen and oxygen atoms in total. The third kappa shape index (κ3) is 5.66. The van der Waals surface area contributed by atoms with Crippen molar-refractivity contribution in [3.05, 3.63) is 206 Å². The smallest absolute Gasteiger partial charge is 0.00206 e. The van der Waals surface area contributed by atoms with Crippen molar-refractivity contribution in [2.75, 3.05) is 0 Å². The second kappa shape index (κ2) is 13.2. The lowest BCUT2D eigenvalue weighted by atomic mass is 9.82. The van der Waals surface area contributed by atoms with E-state index in [1.165, 1.54) is 77.9 Å². The predicted octanol–water partition coefficient (Wildman–Crippen LogP) is 13.4. The zero-order valence-electron chi connectivity index (χ0n) is 26.6. The van der Waals surface area contributed by atoms with E-state index in [1.807, 2.05) is 0 Å². The molecule has 0 heteroatoms. The molecule has 0 aromatic heterocycles. The summed E-state index contributed by atoms with van der Waals surface area (Å²) in [6.07, 6.45) is 0. The average Bonchev–Trinajstić information content (AvgIpc) is 3.19. The van der Waals surface area contributed by atoms with Crippen LogP contribution in [0, 0.1) is 0 Å². The van der Waals surface area contributed by atoms with Crippen LogP contribution in [0.5, 0.6) is 0 Å². The second-order valence-corrected chi connectivity index (χ2v) is 12.0. The Labute approximate surface area is 283 Å². The first-order valence-corrected chi connectivity index (χ1v) is 16.5. The molecule has 0 heterocycles. The van der Waals surface area contributed by atoms with E-state index in [-0.39, 0.29) is 0 Å². The highest BCUT2D eigenvalue weighted by Crippen LogP contribution is 2.47. The van der Waals surface area contributed by atoms with Crippen molar-refractivity contribution < 1.29 is 0 Å². The van der Waals surface area contributed by atoms with Crippen LogP contribution in [-0.2, 0) is 0 Å². The van der Waals surface area contributed by atoms with Gasteiger partial charge in [-0.25, -0.2) is 0 Å². The van der Waals surface area contributed by atoms with Crippen LogP contribution < -0.4 is 0 Å². The molecule has 0 aliphatic heterocycles. The normalized spacial score (nSPS) is 10.9. The van der Waals surface area contributed by atoms with Crippen LogP contribution in [0.2, 0.25) is 0 Å². The molecule has 8 aromatic carbocycles. The highest BCUT2D eigenvalue weighted by molar-refractivity contribution is 6.02. The van der Waals surface area contributed by atoms with Gasteiger partial charge in [-0.05, 0) is 84.0 Å². The Bertz CT molecular complexity index is 2170. The minimum absolute atomic E-state index is 1.19. The molecule has 0 aliphatic carbocycles. The molecule has 0 saturated heterocycles. The highest BCUT2D eigenvalue weighted by Gasteiger charge is 2.20. The lowest BCUT2D eigenvalue weighted by molar-refractivity contribution is 1.53. The van der Waals surface area contributed by atoms with Gasteiger partial charge >= 0.3 is 0 Å². The van der Waals surface area contributed by atoms with Crippen LogP contribution in [0.4, 0.5) is 0 Å². The third-order valence-corrected chi connectivity index (χ3v) is 9.13. The molecule has 0 atom stereocenters. The van der Waals surface area contributed by atoms with E-state index < -0.39 is 0 Å². The predicted molar refractivity (Wildman–Crippen MR) is 204 cm³/mol. The summed E-state index contributed by atoms with van der Waals surface area (Å²) in [7, 11) is 0. The summed E-state index contributed by atoms with van der Waals surface area (Å²) in [6, 6.07) is 74.4. The Kier molecular flexibility index (Phi) is 8.05. The van der Waals surface area contributed by atoms with Gasteiger partial charge in [-0.1, -0.05) is 200 Å². The molecule has 0 saturated carbocycles. The fourth-order valence-corrected chi connectivity index (χ4v) is 6.91. The van der Waals surface area contributed by atoms with Crippen LogP contribution in [0.3, 0.4) is 0 Å². The van der Waals surface area contributed by atoms with Gasteiger partial charge in [0.05, 0.1) is 0 Å². The first-order chi connectivity index (χ1) is 23.8. The van der Waals surface area contributed by atoms with Crippen molar-refractivity contribution in [3.8, 4) is 77.9 Å². The molecule has 0 N–H and O–H groups in total. The third-order valence-electron chi connectivity index (χ3n) is 9.13. The van der Waals surface area contributed by atoms with Crippen LogP contribution in [-0.4, -0.2) is 0 Å². The highest BCUT2D eigenvalue weighted by atomic mass is 14.2. The summed E-state index contributed by atoms with van der Waals surface area (Å²) < 4.78 is 0. The molecule has 226 valence electrons. The van der Waals surface area contributed by atoms with E-state index in [4.69, 9.17) is 0 Å². The maximum Gasteiger partial charge on any atom is -0.00206 e. The van der Waals surface area contributed by atoms with Crippen molar-refractivity contribution in [2.45, 2.75) is 0 Å². The number of rotatable bonds is 7. The monoisotopic (exact) mass is 610 g/mol. The van der Waals surface area contributed by atoms with E-state index in [0.717, 1.165) is 0 Å². The summed E-state index contributed by atoms with van der Waals surface area (Å²) in [6.45, 7) is 0. The molecule has 48 heavy (non-hydrogen) atoms. The molecular weight excluding hydrogens is 577 g/mol. The van der Waals surface area contributed by atoms with Gasteiger partial charge in [0.15, 0.2) is 0 Å². The van der Waals surface area contributed by atoms with Crippen molar-refractivity contribution in [2.24, 2.45) is 0 Å². The molecule has 0 bridgehead atoms. The Hall–Kier alpha value is -6.24. The minimum Gasteiger partial charge on any atom is -0.0622 e. The summed E-state index contributed by atoms with van der Waals surface area (Å²) >= 11 is 0. The van der Waals surface area contributed by atoms with Gasteiger partial charge in [-0.15, -0.1) is 0 Å². The average molecular weight is 611 g/mol. The van der Waals surface area contributed by atoms with Crippen LogP contribution >= 0.6 is 0 Å². The van der Waals surface area contributed by atoms with Gasteiger partial charge in [0.2, 0.25) is 0 Å². The Morgan fingerprint density at radius 1 is 0.167 bits per heavy atom. The van der Waals surface area contributed by atoms with Crippen molar-refractivity contribution >= 4 is 0 Å². The zero-order valence-corrected chi connectivity index (χ0v) is 26.6. The van der Waals surface area contributed by atoms with Crippen LogP contribution in [0.15, 0.2) is 206 Å². The van der Waals surface area contributed by atoms with Gasteiger partial charge in [0, 0.05) is 0 Å². The number of benzene rings is 8. The fourth-order valence-electron chi connectivity index (χ4n) is 6.91. The number of hydrogen-bond donors (Lipinski definition) is 0. The van der Waals surface area contributed by atoms with E-state index in [1.54, 1.807) is 0 Å². The molecule has 8 rings (SSSR count). The Balaban J connectivity index is 1.44. The van der Waals surface area contributed by atoms with Crippen molar-refractivity contribution in [1.82, 2.24) is 0 Å². The van der Waals surface area contributed by atoms with Crippen LogP contribution in [0.1, 0.15) is 0 Å². The van der Waals surface area contributed by atoms with Gasteiger partial charge in [-0.3, -0.25) is 0 Å². The quantitative estimate of drug-likeness (QED) is 0.168. The van der Waals surface area contributed by atoms with Crippen LogP contribution in [0.25, 0.3) is 77.9 Å². The summed E-state index contributed by atoms with van der Waals surface area (Å²) in [5.74, 6) is 0. The summed E-state index contributed by atoms with van der Waals surface area (Å²) in [5, 5.41) is 0. The molecule has 0 radical (unpaired) electrons. The first-order valence-electron chi connectivity index (χ1n) is 16.5. The molecular formula is C48H34. The molecule has 0 unspecified atom stereocenters. The van der Waals surface area contributed by atoms with Crippen molar-refractivity contribution in [1.29, 1.82) is 0 Å². The standard InChI is InChI=1S/C48H34/c1-6-18-35(19-7-1)41-28-16-29-42(36-20-8-2-9-21-36)47(41)40-32-33-45(46(34-40)39-26-14-5-15-27-39)48-43(37-22-10-3-11-23-37)30-17-31-44(48)38-24-12-4-13-25-38/h1-34H. The lowest BCUT2D eigenvalue weighted by Crippen LogP contribution is -1.95. The summed E-state index contributed by atoms with van der Waals surface area (Å²) in [5.41, 5.74) is 17.0. The Morgan fingerprint density at radius 3 is 0.833 bits per heavy atom. The second-order valence-electron chi connectivity index (χ2n) is 12.0. The Morgan fingerprint density at radius 2 is 0.479 bits per heavy atom. The van der Waals surface area contributed by atoms with E-state index in [0.29, 0.717) is 0 Å². The molecule has 0 spiro atoms.